The van der Waals surface area contributed by atoms with Gasteiger partial charge < -0.3 is 15.5 Å². The molecule has 0 aromatic carbocycles. The van der Waals surface area contributed by atoms with Crippen LogP contribution in [0, 0.1) is 0 Å². The van der Waals surface area contributed by atoms with E-state index in [1.54, 1.807) is 0 Å². The maximum atomic E-state index is 11.8. The second-order valence-corrected chi connectivity index (χ2v) is 5.09. The van der Waals surface area contributed by atoms with Gasteiger partial charge in [-0.05, 0) is 40.3 Å². The van der Waals surface area contributed by atoms with E-state index >= 15 is 0 Å². The van der Waals surface area contributed by atoms with Gasteiger partial charge in [0.15, 0.2) is 0 Å². The SMILES string of the molecule is CC(N)CCC(=O)N1CCC(N(C)C)CC1. The van der Waals surface area contributed by atoms with E-state index in [9.17, 15) is 4.79 Å². The summed E-state index contributed by atoms with van der Waals surface area (Å²) in [4.78, 5) is 16.1. The average molecular weight is 227 g/mol. The molecular weight excluding hydrogens is 202 g/mol. The number of piperidine rings is 1. The third-order valence-electron chi connectivity index (χ3n) is 3.36. The summed E-state index contributed by atoms with van der Waals surface area (Å²) in [6.07, 6.45) is 3.59. The molecule has 1 aliphatic heterocycles. The summed E-state index contributed by atoms with van der Waals surface area (Å²) in [6.45, 7) is 3.76. The van der Waals surface area contributed by atoms with Crippen LogP contribution in [0.2, 0.25) is 0 Å². The van der Waals surface area contributed by atoms with Crippen LogP contribution in [0.1, 0.15) is 32.6 Å². The normalized spacial score (nSPS) is 20.2. The number of carbonyl (C=O) groups is 1. The van der Waals surface area contributed by atoms with Gasteiger partial charge in [-0.2, -0.15) is 0 Å². The molecule has 1 aliphatic rings. The molecule has 1 fully saturated rings. The number of rotatable bonds is 4. The number of nitrogens with two attached hydrogens (primary N) is 1. The van der Waals surface area contributed by atoms with Crippen molar-refractivity contribution >= 4 is 5.91 Å². The van der Waals surface area contributed by atoms with Crippen LogP contribution in [0.3, 0.4) is 0 Å². The minimum absolute atomic E-state index is 0.128. The van der Waals surface area contributed by atoms with Crippen molar-refractivity contribution in [1.29, 1.82) is 0 Å². The molecule has 0 radical (unpaired) electrons. The van der Waals surface area contributed by atoms with Crippen LogP contribution >= 0.6 is 0 Å². The highest BCUT2D eigenvalue weighted by atomic mass is 16.2. The first-order valence-corrected chi connectivity index (χ1v) is 6.20. The van der Waals surface area contributed by atoms with E-state index < -0.39 is 0 Å². The number of nitrogens with zero attached hydrogens (tertiary/aromatic N) is 2. The van der Waals surface area contributed by atoms with Gasteiger partial charge >= 0.3 is 0 Å². The van der Waals surface area contributed by atoms with Gasteiger partial charge in [0.1, 0.15) is 0 Å². The standard InChI is InChI=1S/C12H25N3O/c1-10(13)4-5-12(16)15-8-6-11(7-9-15)14(2)3/h10-11H,4-9,13H2,1-3H3. The van der Waals surface area contributed by atoms with Gasteiger partial charge in [0.05, 0.1) is 0 Å². The molecule has 4 heteroatoms. The largest absolute Gasteiger partial charge is 0.343 e. The first-order chi connectivity index (χ1) is 7.50. The fourth-order valence-electron chi connectivity index (χ4n) is 2.14. The molecule has 0 aliphatic carbocycles. The van der Waals surface area contributed by atoms with Crippen LogP contribution < -0.4 is 5.73 Å². The lowest BCUT2D eigenvalue weighted by Crippen LogP contribution is -2.44. The van der Waals surface area contributed by atoms with E-state index in [0.717, 1.165) is 32.4 Å². The van der Waals surface area contributed by atoms with Gasteiger partial charge in [-0.25, -0.2) is 0 Å². The zero-order chi connectivity index (χ0) is 12.1. The lowest BCUT2D eigenvalue weighted by Gasteiger charge is -2.35. The summed E-state index contributed by atoms with van der Waals surface area (Å²) in [5, 5.41) is 0. The van der Waals surface area contributed by atoms with Gasteiger partial charge in [0.2, 0.25) is 5.91 Å². The topological polar surface area (TPSA) is 49.6 Å². The Morgan fingerprint density at radius 2 is 2.00 bits per heavy atom. The minimum atomic E-state index is 0.128. The number of likely N-dealkylation sites (tertiary alicyclic amines) is 1. The molecule has 1 saturated heterocycles. The predicted molar refractivity (Wildman–Crippen MR) is 66.2 cm³/mol. The molecule has 0 aromatic rings. The summed E-state index contributed by atoms with van der Waals surface area (Å²) in [5.41, 5.74) is 5.65. The number of carbonyl (C=O) groups excluding carboxylic acids is 1. The van der Waals surface area contributed by atoms with Gasteiger partial charge in [-0.15, -0.1) is 0 Å². The van der Waals surface area contributed by atoms with Crippen molar-refractivity contribution in [2.45, 2.75) is 44.7 Å². The molecule has 1 heterocycles. The van der Waals surface area contributed by atoms with Crippen molar-refractivity contribution in [1.82, 2.24) is 9.80 Å². The number of hydrogen-bond donors (Lipinski definition) is 1. The van der Waals surface area contributed by atoms with Crippen LogP contribution in [0.5, 0.6) is 0 Å². The lowest BCUT2D eigenvalue weighted by molar-refractivity contribution is -0.132. The molecular formula is C12H25N3O. The molecule has 1 rings (SSSR count). The van der Waals surface area contributed by atoms with Crippen LogP contribution in [0.25, 0.3) is 0 Å². The van der Waals surface area contributed by atoms with Crippen LogP contribution in [-0.2, 0) is 4.79 Å². The van der Waals surface area contributed by atoms with Crippen molar-refractivity contribution in [2.75, 3.05) is 27.2 Å². The molecule has 0 spiro atoms. The number of hydrogen-bond acceptors (Lipinski definition) is 3. The molecule has 1 amide bonds. The van der Waals surface area contributed by atoms with E-state index in [0.29, 0.717) is 12.5 Å². The third kappa shape index (κ3) is 4.10. The van der Waals surface area contributed by atoms with Gasteiger partial charge in [-0.3, -0.25) is 4.79 Å². The number of amides is 1. The third-order valence-corrected chi connectivity index (χ3v) is 3.36. The first-order valence-electron chi connectivity index (χ1n) is 6.20. The van der Waals surface area contributed by atoms with E-state index in [-0.39, 0.29) is 11.9 Å². The Kier molecular flexibility index (Phi) is 5.22. The van der Waals surface area contributed by atoms with E-state index in [1.165, 1.54) is 0 Å². The summed E-state index contributed by atoms with van der Waals surface area (Å²) in [7, 11) is 4.22. The molecule has 0 saturated carbocycles. The van der Waals surface area contributed by atoms with Crippen LogP contribution in [-0.4, -0.2) is 55.0 Å². The Labute approximate surface area is 98.8 Å². The van der Waals surface area contributed by atoms with E-state index in [1.807, 2.05) is 11.8 Å². The second-order valence-electron chi connectivity index (χ2n) is 5.09. The molecule has 94 valence electrons. The quantitative estimate of drug-likeness (QED) is 0.768. The van der Waals surface area contributed by atoms with Gasteiger partial charge in [0, 0.05) is 31.6 Å². The molecule has 16 heavy (non-hydrogen) atoms. The zero-order valence-corrected chi connectivity index (χ0v) is 10.8. The van der Waals surface area contributed by atoms with Gasteiger partial charge in [-0.1, -0.05) is 0 Å². The smallest absolute Gasteiger partial charge is 0.222 e. The summed E-state index contributed by atoms with van der Waals surface area (Å²) in [6, 6.07) is 0.765. The van der Waals surface area contributed by atoms with Crippen molar-refractivity contribution < 1.29 is 4.79 Å². The van der Waals surface area contributed by atoms with E-state index in [4.69, 9.17) is 5.73 Å². The van der Waals surface area contributed by atoms with Crippen molar-refractivity contribution in [3.8, 4) is 0 Å². The Hall–Kier alpha value is -0.610. The summed E-state index contributed by atoms with van der Waals surface area (Å²) in [5.74, 6) is 0.273. The lowest BCUT2D eigenvalue weighted by atomic mass is 10.0. The molecule has 2 N–H and O–H groups in total. The van der Waals surface area contributed by atoms with E-state index in [2.05, 4.69) is 19.0 Å². The second kappa shape index (κ2) is 6.21. The highest BCUT2D eigenvalue weighted by molar-refractivity contribution is 5.76. The Balaban J connectivity index is 2.27. The summed E-state index contributed by atoms with van der Waals surface area (Å²) < 4.78 is 0. The van der Waals surface area contributed by atoms with Gasteiger partial charge in [0.25, 0.3) is 0 Å². The Morgan fingerprint density at radius 3 is 2.44 bits per heavy atom. The van der Waals surface area contributed by atoms with Crippen molar-refractivity contribution in [2.24, 2.45) is 5.73 Å². The zero-order valence-electron chi connectivity index (χ0n) is 10.8. The van der Waals surface area contributed by atoms with Crippen molar-refractivity contribution in [3.05, 3.63) is 0 Å². The predicted octanol–water partition coefficient (Wildman–Crippen LogP) is 0.666. The molecule has 0 bridgehead atoms. The molecule has 1 atom stereocenters. The maximum absolute atomic E-state index is 11.8. The molecule has 4 nitrogen and oxygen atoms in total. The highest BCUT2D eigenvalue weighted by Gasteiger charge is 2.23. The summed E-state index contributed by atoms with van der Waals surface area (Å²) >= 11 is 0. The minimum Gasteiger partial charge on any atom is -0.343 e. The monoisotopic (exact) mass is 227 g/mol. The fourth-order valence-corrected chi connectivity index (χ4v) is 2.14. The average Bonchev–Trinajstić information content (AvgIpc) is 2.26. The highest BCUT2D eigenvalue weighted by Crippen LogP contribution is 2.15. The maximum Gasteiger partial charge on any atom is 0.222 e. The first kappa shape index (κ1) is 13.5. The fraction of sp³-hybridized carbons (Fsp3) is 0.917. The van der Waals surface area contributed by atoms with Crippen LogP contribution in [0.4, 0.5) is 0 Å². The molecule has 1 unspecified atom stereocenters. The van der Waals surface area contributed by atoms with Crippen molar-refractivity contribution in [3.63, 3.8) is 0 Å². The Morgan fingerprint density at radius 1 is 1.44 bits per heavy atom. The molecule has 0 aromatic heterocycles. The Bertz CT molecular complexity index is 220. The van der Waals surface area contributed by atoms with Crippen LogP contribution in [0.15, 0.2) is 0 Å².